The highest BCUT2D eigenvalue weighted by molar-refractivity contribution is 7.09. The maximum Gasteiger partial charge on any atom is 0.255 e. The van der Waals surface area contributed by atoms with Gasteiger partial charge in [0.1, 0.15) is 5.01 Å². The second-order valence-corrected chi connectivity index (χ2v) is 6.47. The molecule has 2 aromatic rings. The fourth-order valence-corrected chi connectivity index (χ4v) is 3.30. The number of aromatic nitrogens is 2. The fourth-order valence-electron chi connectivity index (χ4n) is 2.47. The second-order valence-electron chi connectivity index (χ2n) is 5.52. The number of nitrogens with zero attached hydrogens (tertiary/aromatic N) is 4. The van der Waals surface area contributed by atoms with Crippen molar-refractivity contribution < 1.29 is 9.53 Å². The van der Waals surface area contributed by atoms with Gasteiger partial charge in [0.25, 0.3) is 5.91 Å². The summed E-state index contributed by atoms with van der Waals surface area (Å²) in [5, 5.41) is 3.12. The molecule has 0 spiro atoms. The quantitative estimate of drug-likeness (QED) is 0.833. The topological polar surface area (TPSA) is 58.6 Å². The molecule has 1 fully saturated rings. The maximum absolute atomic E-state index is 12.3. The lowest BCUT2D eigenvalue weighted by Gasteiger charge is -2.25. The highest BCUT2D eigenvalue weighted by atomic mass is 32.1. The minimum Gasteiger partial charge on any atom is -0.379 e. The number of carbonyl (C=O) groups is 1. The molecule has 1 aliphatic rings. The molecule has 3 rings (SSSR count). The van der Waals surface area contributed by atoms with Gasteiger partial charge in [-0.15, -0.1) is 11.3 Å². The van der Waals surface area contributed by atoms with Crippen LogP contribution in [0.5, 0.6) is 0 Å². The van der Waals surface area contributed by atoms with Gasteiger partial charge in [0.15, 0.2) is 0 Å². The standard InChI is InChI=1S/C16H20N4O2S/c1-19(16(21)13-3-2-4-17-9-13)10-14-12-23-15(18-14)11-20-5-7-22-8-6-20/h2-4,9,12H,5-8,10-11H2,1H3. The van der Waals surface area contributed by atoms with E-state index in [4.69, 9.17) is 4.74 Å². The van der Waals surface area contributed by atoms with Gasteiger partial charge in [-0.3, -0.25) is 14.7 Å². The Balaban J connectivity index is 1.56. The molecule has 1 amide bonds. The summed E-state index contributed by atoms with van der Waals surface area (Å²) < 4.78 is 5.36. The van der Waals surface area contributed by atoms with Crippen LogP contribution in [0.15, 0.2) is 29.9 Å². The number of rotatable bonds is 5. The van der Waals surface area contributed by atoms with Crippen LogP contribution in [0.1, 0.15) is 21.1 Å². The summed E-state index contributed by atoms with van der Waals surface area (Å²) in [4.78, 5) is 25.0. The molecule has 0 aliphatic carbocycles. The third-order valence-electron chi connectivity index (χ3n) is 3.72. The van der Waals surface area contributed by atoms with E-state index < -0.39 is 0 Å². The van der Waals surface area contributed by atoms with E-state index in [1.807, 2.05) is 5.38 Å². The van der Waals surface area contributed by atoms with Crippen molar-refractivity contribution in [3.8, 4) is 0 Å². The van der Waals surface area contributed by atoms with Crippen LogP contribution in [-0.4, -0.2) is 59.0 Å². The molecule has 122 valence electrons. The summed E-state index contributed by atoms with van der Waals surface area (Å²) in [6, 6.07) is 3.54. The summed E-state index contributed by atoms with van der Waals surface area (Å²) in [7, 11) is 1.79. The van der Waals surface area contributed by atoms with Crippen molar-refractivity contribution in [1.82, 2.24) is 19.8 Å². The molecule has 23 heavy (non-hydrogen) atoms. The first-order valence-electron chi connectivity index (χ1n) is 7.61. The van der Waals surface area contributed by atoms with Gasteiger partial charge in [-0.05, 0) is 12.1 Å². The van der Waals surface area contributed by atoms with E-state index in [0.717, 1.165) is 43.5 Å². The van der Waals surface area contributed by atoms with E-state index in [9.17, 15) is 4.79 Å². The average molecular weight is 332 g/mol. The van der Waals surface area contributed by atoms with Crippen molar-refractivity contribution in [1.29, 1.82) is 0 Å². The molecule has 0 N–H and O–H groups in total. The van der Waals surface area contributed by atoms with E-state index in [2.05, 4.69) is 14.9 Å². The molecule has 0 radical (unpaired) electrons. The number of carbonyl (C=O) groups excluding carboxylic acids is 1. The van der Waals surface area contributed by atoms with Gasteiger partial charge in [0.05, 0.1) is 37.6 Å². The van der Waals surface area contributed by atoms with Crippen molar-refractivity contribution >= 4 is 17.2 Å². The van der Waals surface area contributed by atoms with Gasteiger partial charge in [-0.25, -0.2) is 4.98 Å². The molecule has 6 nitrogen and oxygen atoms in total. The molecular weight excluding hydrogens is 312 g/mol. The third kappa shape index (κ3) is 4.34. The number of hydrogen-bond donors (Lipinski definition) is 0. The predicted octanol–water partition coefficient (Wildman–Crippen LogP) is 1.64. The molecule has 0 atom stereocenters. The van der Waals surface area contributed by atoms with Crippen molar-refractivity contribution in [3.05, 3.63) is 46.2 Å². The lowest BCUT2D eigenvalue weighted by molar-refractivity contribution is 0.0341. The highest BCUT2D eigenvalue weighted by Gasteiger charge is 2.15. The molecule has 1 aliphatic heterocycles. The van der Waals surface area contributed by atoms with Crippen molar-refractivity contribution in [2.45, 2.75) is 13.1 Å². The molecule has 7 heteroatoms. The summed E-state index contributed by atoms with van der Waals surface area (Å²) in [6.45, 7) is 4.85. The van der Waals surface area contributed by atoms with E-state index in [-0.39, 0.29) is 5.91 Å². The zero-order valence-corrected chi connectivity index (χ0v) is 14.0. The van der Waals surface area contributed by atoms with Crippen LogP contribution in [0.25, 0.3) is 0 Å². The molecular formula is C16H20N4O2S. The van der Waals surface area contributed by atoms with E-state index in [1.54, 1.807) is 47.8 Å². The van der Waals surface area contributed by atoms with Gasteiger partial charge >= 0.3 is 0 Å². The van der Waals surface area contributed by atoms with Gasteiger partial charge in [0, 0.05) is 37.9 Å². The smallest absolute Gasteiger partial charge is 0.255 e. The predicted molar refractivity (Wildman–Crippen MR) is 88.2 cm³/mol. The van der Waals surface area contributed by atoms with Crippen molar-refractivity contribution in [2.75, 3.05) is 33.4 Å². The Morgan fingerprint density at radius 2 is 2.26 bits per heavy atom. The Morgan fingerprint density at radius 1 is 1.43 bits per heavy atom. The first-order valence-corrected chi connectivity index (χ1v) is 8.49. The molecule has 2 aromatic heterocycles. The number of morpholine rings is 1. The summed E-state index contributed by atoms with van der Waals surface area (Å²) in [5.41, 5.74) is 1.52. The largest absolute Gasteiger partial charge is 0.379 e. The first-order chi connectivity index (χ1) is 11.2. The van der Waals surface area contributed by atoms with Crippen LogP contribution >= 0.6 is 11.3 Å². The molecule has 3 heterocycles. The molecule has 0 unspecified atom stereocenters. The number of thiazole rings is 1. The van der Waals surface area contributed by atoms with Gasteiger partial charge in [-0.1, -0.05) is 0 Å². The summed E-state index contributed by atoms with van der Waals surface area (Å²) in [6.07, 6.45) is 3.25. The van der Waals surface area contributed by atoms with Gasteiger partial charge in [-0.2, -0.15) is 0 Å². The molecule has 0 saturated carbocycles. The van der Waals surface area contributed by atoms with Crippen molar-refractivity contribution in [2.24, 2.45) is 0 Å². The minimum atomic E-state index is -0.0409. The number of ether oxygens (including phenoxy) is 1. The number of amides is 1. The van der Waals surface area contributed by atoms with E-state index >= 15 is 0 Å². The fraction of sp³-hybridized carbons (Fsp3) is 0.438. The van der Waals surface area contributed by atoms with Crippen LogP contribution in [0.2, 0.25) is 0 Å². The number of pyridine rings is 1. The lowest BCUT2D eigenvalue weighted by Crippen LogP contribution is -2.35. The van der Waals surface area contributed by atoms with Gasteiger partial charge in [0.2, 0.25) is 0 Å². The van der Waals surface area contributed by atoms with Crippen LogP contribution in [0.3, 0.4) is 0 Å². The zero-order valence-electron chi connectivity index (χ0n) is 13.1. The van der Waals surface area contributed by atoms with Crippen LogP contribution in [0, 0.1) is 0 Å². The molecule has 0 bridgehead atoms. The van der Waals surface area contributed by atoms with Crippen LogP contribution in [-0.2, 0) is 17.8 Å². The monoisotopic (exact) mass is 332 g/mol. The Hall–Kier alpha value is -1.83. The molecule has 0 aromatic carbocycles. The minimum absolute atomic E-state index is 0.0409. The first kappa shape index (κ1) is 16.0. The third-order valence-corrected chi connectivity index (χ3v) is 4.60. The van der Waals surface area contributed by atoms with Gasteiger partial charge < -0.3 is 9.64 Å². The van der Waals surface area contributed by atoms with E-state index in [0.29, 0.717) is 12.1 Å². The highest BCUT2D eigenvalue weighted by Crippen LogP contribution is 2.15. The Morgan fingerprint density at radius 3 is 3.00 bits per heavy atom. The normalized spacial score (nSPS) is 15.5. The average Bonchev–Trinajstić information content (AvgIpc) is 3.02. The zero-order chi connectivity index (χ0) is 16.1. The van der Waals surface area contributed by atoms with Crippen LogP contribution in [0.4, 0.5) is 0 Å². The summed E-state index contributed by atoms with van der Waals surface area (Å²) in [5.74, 6) is -0.0409. The molecule has 1 saturated heterocycles. The Kier molecular flexibility index (Phi) is 5.32. The Bertz CT molecular complexity index is 641. The van der Waals surface area contributed by atoms with E-state index in [1.165, 1.54) is 0 Å². The van der Waals surface area contributed by atoms with Crippen molar-refractivity contribution in [3.63, 3.8) is 0 Å². The Labute approximate surface area is 139 Å². The second kappa shape index (κ2) is 7.63. The number of hydrogen-bond acceptors (Lipinski definition) is 6. The van der Waals surface area contributed by atoms with Crippen LogP contribution < -0.4 is 0 Å². The summed E-state index contributed by atoms with van der Waals surface area (Å²) >= 11 is 1.65. The SMILES string of the molecule is CN(Cc1csc(CN2CCOCC2)n1)C(=O)c1cccnc1. The maximum atomic E-state index is 12.3. The lowest BCUT2D eigenvalue weighted by atomic mass is 10.2.